The second-order valence-electron chi connectivity index (χ2n) is 6.27. The van der Waals surface area contributed by atoms with E-state index in [0.29, 0.717) is 29.5 Å². The largest absolute Gasteiger partial charge is 0.494 e. The average Bonchev–Trinajstić information content (AvgIpc) is 3.06. The Morgan fingerprint density at radius 1 is 1.21 bits per heavy atom. The molecule has 0 saturated carbocycles. The molecule has 0 radical (unpaired) electrons. The highest BCUT2D eigenvalue weighted by Gasteiger charge is 2.40. The van der Waals surface area contributed by atoms with E-state index in [9.17, 15) is 14.9 Å². The molecule has 1 saturated heterocycles. The quantitative estimate of drug-likeness (QED) is 0.587. The lowest BCUT2D eigenvalue weighted by Gasteiger charge is -2.19. The summed E-state index contributed by atoms with van der Waals surface area (Å²) in [4.78, 5) is 27.0. The Bertz CT molecular complexity index is 965. The summed E-state index contributed by atoms with van der Waals surface area (Å²) in [6.07, 6.45) is 0.508. The zero-order valence-corrected chi connectivity index (χ0v) is 17.0. The summed E-state index contributed by atoms with van der Waals surface area (Å²) >= 11 is 1.25. The van der Waals surface area contributed by atoms with Crippen LogP contribution in [0.3, 0.4) is 0 Å². The molecule has 2 aromatic carbocycles. The highest BCUT2D eigenvalue weighted by molar-refractivity contribution is 8.05. The Hall–Kier alpha value is -3.24. The van der Waals surface area contributed by atoms with E-state index in [0.717, 1.165) is 5.56 Å². The van der Waals surface area contributed by atoms with Gasteiger partial charge in [-0.05, 0) is 43.2 Å². The minimum absolute atomic E-state index is 0.0738. The highest BCUT2D eigenvalue weighted by atomic mass is 32.2. The molecule has 0 aliphatic carbocycles. The zero-order valence-electron chi connectivity index (χ0n) is 16.2. The molecule has 29 heavy (non-hydrogen) atoms. The van der Waals surface area contributed by atoms with E-state index in [-0.39, 0.29) is 11.5 Å². The van der Waals surface area contributed by atoms with E-state index in [4.69, 9.17) is 4.74 Å². The van der Waals surface area contributed by atoms with Crippen molar-refractivity contribution in [3.05, 3.63) is 70.8 Å². The van der Waals surface area contributed by atoms with Crippen molar-refractivity contribution in [3.63, 3.8) is 0 Å². The van der Waals surface area contributed by atoms with Crippen molar-refractivity contribution in [2.75, 3.05) is 18.6 Å². The summed E-state index contributed by atoms with van der Waals surface area (Å²) in [6.45, 7) is 2.43. The topological polar surface area (TPSA) is 82.4 Å². The molecule has 1 aliphatic rings. The van der Waals surface area contributed by atoms with Crippen molar-refractivity contribution in [1.29, 1.82) is 5.26 Å². The summed E-state index contributed by atoms with van der Waals surface area (Å²) in [5, 5.41) is 12.0. The van der Waals surface area contributed by atoms with Crippen LogP contribution in [0.4, 0.5) is 5.69 Å². The molecule has 0 aromatic heterocycles. The van der Waals surface area contributed by atoms with E-state index in [1.165, 1.54) is 23.7 Å². The van der Waals surface area contributed by atoms with Gasteiger partial charge in [0.2, 0.25) is 5.91 Å². The number of ether oxygens (including phenoxy) is 1. The number of rotatable bonds is 6. The Morgan fingerprint density at radius 3 is 2.48 bits per heavy atom. The van der Waals surface area contributed by atoms with Gasteiger partial charge in [0.1, 0.15) is 22.4 Å². The Kier molecular flexibility index (Phi) is 6.57. The van der Waals surface area contributed by atoms with Gasteiger partial charge in [-0.2, -0.15) is 5.26 Å². The molecule has 1 unspecified atom stereocenters. The van der Waals surface area contributed by atoms with Crippen LogP contribution in [-0.4, -0.2) is 30.7 Å². The smallest absolute Gasteiger partial charge is 0.264 e. The fourth-order valence-corrected chi connectivity index (χ4v) is 4.34. The summed E-state index contributed by atoms with van der Waals surface area (Å²) in [5.74, 6) is 0.0162. The van der Waals surface area contributed by atoms with Crippen molar-refractivity contribution in [2.45, 2.75) is 18.6 Å². The maximum atomic E-state index is 13.3. The van der Waals surface area contributed by atoms with Crippen LogP contribution in [0.5, 0.6) is 5.75 Å². The molecule has 1 atom stereocenters. The highest BCUT2D eigenvalue weighted by Crippen LogP contribution is 2.42. The first kappa shape index (κ1) is 20.5. The van der Waals surface area contributed by atoms with Gasteiger partial charge in [0.25, 0.3) is 5.91 Å². The number of amides is 2. The fourth-order valence-electron chi connectivity index (χ4n) is 3.03. The first-order valence-electron chi connectivity index (χ1n) is 9.22. The normalized spacial score (nSPS) is 17.6. The summed E-state index contributed by atoms with van der Waals surface area (Å²) < 4.78 is 5.46. The molecule has 3 rings (SSSR count). The summed E-state index contributed by atoms with van der Waals surface area (Å²) in [6, 6.07) is 18.7. The Balaban J connectivity index is 2.01. The minimum atomic E-state index is -0.515. The number of thioether (sulfide) groups is 1. The van der Waals surface area contributed by atoms with E-state index in [1.54, 1.807) is 24.3 Å². The molecule has 1 aliphatic heterocycles. The van der Waals surface area contributed by atoms with E-state index >= 15 is 0 Å². The van der Waals surface area contributed by atoms with Crippen molar-refractivity contribution < 1.29 is 14.3 Å². The second-order valence-corrected chi connectivity index (χ2v) is 7.46. The molecule has 0 spiro atoms. The van der Waals surface area contributed by atoms with Crippen molar-refractivity contribution in [3.8, 4) is 11.8 Å². The van der Waals surface area contributed by atoms with Crippen LogP contribution in [0, 0.1) is 11.3 Å². The predicted molar refractivity (Wildman–Crippen MR) is 113 cm³/mol. The third kappa shape index (κ3) is 4.44. The van der Waals surface area contributed by atoms with Crippen LogP contribution in [0.2, 0.25) is 0 Å². The first-order chi connectivity index (χ1) is 14.1. The molecular formula is C22H21N3O3S. The molecule has 0 bridgehead atoms. The third-order valence-corrected chi connectivity index (χ3v) is 5.67. The molecule has 2 amide bonds. The summed E-state index contributed by atoms with van der Waals surface area (Å²) in [7, 11) is 1.46. The lowest BCUT2D eigenvalue weighted by atomic mass is 10.1. The molecule has 148 valence electrons. The Morgan fingerprint density at radius 2 is 1.90 bits per heavy atom. The number of likely N-dealkylation sites (N-methyl/N-ethyl adjacent to an activating group) is 1. The van der Waals surface area contributed by atoms with Gasteiger partial charge in [0.15, 0.2) is 0 Å². The van der Waals surface area contributed by atoms with Gasteiger partial charge in [-0.15, -0.1) is 0 Å². The molecular weight excluding hydrogens is 386 g/mol. The molecule has 7 heteroatoms. The lowest BCUT2D eigenvalue weighted by molar-refractivity contribution is -0.117. The maximum Gasteiger partial charge on any atom is 0.264 e. The van der Waals surface area contributed by atoms with Crippen molar-refractivity contribution >= 4 is 29.3 Å². The zero-order chi connectivity index (χ0) is 20.8. The fraction of sp³-hybridized carbons (Fsp3) is 0.227. The van der Waals surface area contributed by atoms with E-state index < -0.39 is 11.2 Å². The number of carbonyl (C=O) groups is 2. The van der Waals surface area contributed by atoms with Gasteiger partial charge in [0, 0.05) is 12.7 Å². The standard InChI is InChI=1S/C22H21N3O3S/c1-3-28-17-11-9-16(10-12-17)25-21(27)19(13-15-7-5-4-6-8-15)29-22(25)18(14-23)20(26)24-2/h4-12,19H,3,13H2,1-2H3,(H,24,26)/b22-18-. The average molecular weight is 407 g/mol. The summed E-state index contributed by atoms with van der Waals surface area (Å²) in [5.41, 5.74) is 1.54. The number of nitrogens with one attached hydrogen (secondary N) is 1. The van der Waals surface area contributed by atoms with Crippen LogP contribution in [0.15, 0.2) is 65.2 Å². The minimum Gasteiger partial charge on any atom is -0.494 e. The van der Waals surface area contributed by atoms with E-state index in [1.807, 2.05) is 43.3 Å². The predicted octanol–water partition coefficient (Wildman–Crippen LogP) is 3.26. The molecule has 1 fully saturated rings. The lowest BCUT2D eigenvalue weighted by Crippen LogP contribution is -2.31. The van der Waals surface area contributed by atoms with Gasteiger partial charge >= 0.3 is 0 Å². The van der Waals surface area contributed by atoms with E-state index in [2.05, 4.69) is 5.32 Å². The van der Waals surface area contributed by atoms with Gasteiger partial charge in [-0.1, -0.05) is 42.1 Å². The van der Waals surface area contributed by atoms with Crippen LogP contribution in [0.25, 0.3) is 0 Å². The van der Waals surface area contributed by atoms with Gasteiger partial charge in [0.05, 0.1) is 11.9 Å². The van der Waals surface area contributed by atoms with Gasteiger partial charge in [-0.3, -0.25) is 14.5 Å². The number of anilines is 1. The van der Waals surface area contributed by atoms with Gasteiger partial charge in [-0.25, -0.2) is 0 Å². The molecule has 2 aromatic rings. The number of hydrogen-bond acceptors (Lipinski definition) is 5. The number of nitriles is 1. The maximum absolute atomic E-state index is 13.3. The molecule has 1 heterocycles. The first-order valence-corrected chi connectivity index (χ1v) is 10.1. The molecule has 1 N–H and O–H groups in total. The van der Waals surface area contributed by atoms with Crippen molar-refractivity contribution in [1.82, 2.24) is 5.32 Å². The molecule has 6 nitrogen and oxygen atoms in total. The number of hydrogen-bond donors (Lipinski definition) is 1. The van der Waals surface area contributed by atoms with Crippen LogP contribution >= 0.6 is 11.8 Å². The second kappa shape index (κ2) is 9.30. The third-order valence-electron chi connectivity index (χ3n) is 4.40. The SMILES string of the molecule is CCOc1ccc(N2C(=O)C(Cc3ccccc3)S/C2=C(/C#N)C(=O)NC)cc1. The van der Waals surface area contributed by atoms with Crippen LogP contribution in [-0.2, 0) is 16.0 Å². The Labute approximate surface area is 174 Å². The number of carbonyl (C=O) groups excluding carboxylic acids is 2. The van der Waals surface area contributed by atoms with Crippen LogP contribution in [0.1, 0.15) is 12.5 Å². The van der Waals surface area contributed by atoms with Gasteiger partial charge < -0.3 is 10.1 Å². The number of nitrogens with zero attached hydrogens (tertiary/aromatic N) is 2. The monoisotopic (exact) mass is 407 g/mol. The van der Waals surface area contributed by atoms with Crippen molar-refractivity contribution in [2.24, 2.45) is 0 Å². The van der Waals surface area contributed by atoms with Crippen LogP contribution < -0.4 is 15.0 Å². The number of benzene rings is 2.